The number of carbonyl (C=O) groups is 3. The summed E-state index contributed by atoms with van der Waals surface area (Å²) in [4.78, 5) is 35.7. The van der Waals surface area contributed by atoms with Crippen LogP contribution in [0.3, 0.4) is 0 Å². The number of rotatable bonds is 8. The number of esters is 1. The van der Waals surface area contributed by atoms with E-state index in [9.17, 15) is 40.7 Å². The van der Waals surface area contributed by atoms with Gasteiger partial charge in [-0.05, 0) is 29.3 Å². The fourth-order valence-corrected chi connectivity index (χ4v) is 2.74. The van der Waals surface area contributed by atoms with Crippen molar-refractivity contribution in [3.63, 3.8) is 0 Å². The van der Waals surface area contributed by atoms with Crippen molar-refractivity contribution in [2.45, 2.75) is 37.8 Å². The smallest absolute Gasteiger partial charge is 0.416 e. The first-order chi connectivity index (χ1) is 15.3. The SMILES string of the molecule is NC(=O)[C@H](CC(=O)OCc1ccccc1)NC(=O)Cc1cc(C(F)(F)F)cc(C(F)(F)F)c1. The Labute approximate surface area is 183 Å². The highest BCUT2D eigenvalue weighted by Crippen LogP contribution is 2.36. The molecule has 0 fully saturated rings. The van der Waals surface area contributed by atoms with E-state index >= 15 is 0 Å². The van der Waals surface area contributed by atoms with Crippen molar-refractivity contribution < 1.29 is 45.5 Å². The van der Waals surface area contributed by atoms with E-state index in [1.807, 2.05) is 5.32 Å². The number of primary amides is 1. The molecule has 0 aliphatic rings. The number of hydrogen-bond acceptors (Lipinski definition) is 4. The van der Waals surface area contributed by atoms with Crippen LogP contribution in [-0.2, 0) is 44.5 Å². The van der Waals surface area contributed by atoms with Crippen LogP contribution in [-0.4, -0.2) is 23.8 Å². The fourth-order valence-electron chi connectivity index (χ4n) is 2.74. The summed E-state index contributed by atoms with van der Waals surface area (Å²) in [6.07, 6.45) is -11.8. The van der Waals surface area contributed by atoms with Crippen molar-refractivity contribution in [3.05, 3.63) is 70.8 Å². The van der Waals surface area contributed by atoms with Crippen LogP contribution in [0.1, 0.15) is 28.7 Å². The highest BCUT2D eigenvalue weighted by molar-refractivity contribution is 5.90. The van der Waals surface area contributed by atoms with Gasteiger partial charge in [0.05, 0.1) is 24.0 Å². The Morgan fingerprint density at radius 2 is 1.42 bits per heavy atom. The van der Waals surface area contributed by atoms with E-state index in [0.29, 0.717) is 17.7 Å². The van der Waals surface area contributed by atoms with Crippen molar-refractivity contribution in [1.29, 1.82) is 0 Å². The molecule has 1 atom stereocenters. The normalized spacial score (nSPS) is 12.7. The number of nitrogens with one attached hydrogen (secondary N) is 1. The molecule has 3 N–H and O–H groups in total. The summed E-state index contributed by atoms with van der Waals surface area (Å²) in [7, 11) is 0. The van der Waals surface area contributed by atoms with Crippen LogP contribution in [0.25, 0.3) is 0 Å². The molecule has 2 aromatic rings. The molecular weight excluding hydrogens is 458 g/mol. The quantitative estimate of drug-likeness (QED) is 0.451. The molecule has 33 heavy (non-hydrogen) atoms. The fraction of sp³-hybridized carbons (Fsp3) is 0.286. The number of amides is 2. The average molecular weight is 476 g/mol. The molecule has 0 heterocycles. The van der Waals surface area contributed by atoms with E-state index in [1.54, 1.807) is 30.3 Å². The minimum absolute atomic E-state index is 0.0731. The van der Waals surface area contributed by atoms with Gasteiger partial charge in [-0.25, -0.2) is 0 Å². The molecule has 178 valence electrons. The molecule has 12 heteroatoms. The molecule has 0 saturated heterocycles. The zero-order chi connectivity index (χ0) is 24.8. The van der Waals surface area contributed by atoms with Gasteiger partial charge in [-0.15, -0.1) is 0 Å². The number of benzene rings is 2. The summed E-state index contributed by atoms with van der Waals surface area (Å²) in [6.45, 7) is -0.121. The average Bonchev–Trinajstić information content (AvgIpc) is 2.71. The van der Waals surface area contributed by atoms with Crippen molar-refractivity contribution in [1.82, 2.24) is 5.32 Å². The summed E-state index contributed by atoms with van der Waals surface area (Å²) < 4.78 is 82.7. The van der Waals surface area contributed by atoms with Gasteiger partial charge >= 0.3 is 18.3 Å². The van der Waals surface area contributed by atoms with Gasteiger partial charge in [0.1, 0.15) is 12.6 Å². The lowest BCUT2D eigenvalue weighted by molar-refractivity contribution is -0.147. The highest BCUT2D eigenvalue weighted by Gasteiger charge is 2.37. The predicted molar refractivity (Wildman–Crippen MR) is 102 cm³/mol. The monoisotopic (exact) mass is 476 g/mol. The van der Waals surface area contributed by atoms with Crippen molar-refractivity contribution in [2.24, 2.45) is 5.73 Å². The number of carbonyl (C=O) groups excluding carboxylic acids is 3. The summed E-state index contributed by atoms with van der Waals surface area (Å²) in [5.41, 5.74) is 2.02. The Morgan fingerprint density at radius 1 is 0.879 bits per heavy atom. The molecule has 0 bridgehead atoms. The van der Waals surface area contributed by atoms with Crippen molar-refractivity contribution in [2.75, 3.05) is 0 Å². The van der Waals surface area contributed by atoms with Gasteiger partial charge in [0.2, 0.25) is 11.8 Å². The maximum atomic E-state index is 12.9. The Kier molecular flexibility index (Phi) is 8.07. The second-order valence-electron chi connectivity index (χ2n) is 6.96. The molecule has 0 aliphatic carbocycles. The third kappa shape index (κ3) is 8.13. The summed E-state index contributed by atoms with van der Waals surface area (Å²) in [5.74, 6) is -3.15. The predicted octanol–water partition coefficient (Wildman–Crippen LogP) is 3.37. The molecule has 0 unspecified atom stereocenters. The topological polar surface area (TPSA) is 98.5 Å². The summed E-state index contributed by atoms with van der Waals surface area (Å²) in [6, 6.07) is 7.62. The van der Waals surface area contributed by atoms with Crippen LogP contribution >= 0.6 is 0 Å². The maximum absolute atomic E-state index is 12.9. The molecule has 0 spiro atoms. The molecule has 0 saturated carbocycles. The molecule has 0 aromatic heterocycles. The van der Waals surface area contributed by atoms with Gasteiger partial charge in [-0.3, -0.25) is 14.4 Å². The van der Waals surface area contributed by atoms with E-state index in [1.165, 1.54) is 0 Å². The number of alkyl halides is 6. The Balaban J connectivity index is 2.07. The lowest BCUT2D eigenvalue weighted by Crippen LogP contribution is -2.46. The van der Waals surface area contributed by atoms with Gasteiger partial charge in [-0.1, -0.05) is 30.3 Å². The van der Waals surface area contributed by atoms with E-state index in [0.717, 1.165) is 0 Å². The number of ether oxygens (including phenoxy) is 1. The van der Waals surface area contributed by atoms with Crippen LogP contribution < -0.4 is 11.1 Å². The Hall–Kier alpha value is -3.57. The van der Waals surface area contributed by atoms with Crippen molar-refractivity contribution >= 4 is 17.8 Å². The standard InChI is InChI=1S/C21H18F6N2O4/c22-20(23,24)14-6-13(7-15(9-14)21(25,26)27)8-17(30)29-16(19(28)32)10-18(31)33-11-12-4-2-1-3-5-12/h1-7,9,16H,8,10-11H2,(H2,28,32)(H,29,30)/t16-/m0/s1. The second kappa shape index (κ2) is 10.4. The van der Waals surface area contributed by atoms with Crippen LogP contribution in [0.5, 0.6) is 0 Å². The van der Waals surface area contributed by atoms with Gasteiger partial charge in [0.15, 0.2) is 0 Å². The van der Waals surface area contributed by atoms with Gasteiger partial charge < -0.3 is 15.8 Å². The lowest BCUT2D eigenvalue weighted by atomic mass is 10.0. The van der Waals surface area contributed by atoms with Crippen LogP contribution in [0.2, 0.25) is 0 Å². The van der Waals surface area contributed by atoms with Crippen LogP contribution in [0.4, 0.5) is 26.3 Å². The van der Waals surface area contributed by atoms with E-state index in [2.05, 4.69) is 0 Å². The third-order valence-corrected chi connectivity index (χ3v) is 4.30. The number of hydrogen-bond donors (Lipinski definition) is 2. The summed E-state index contributed by atoms with van der Waals surface area (Å²) in [5, 5.41) is 2.03. The lowest BCUT2D eigenvalue weighted by Gasteiger charge is -2.17. The largest absolute Gasteiger partial charge is 0.461 e. The molecule has 6 nitrogen and oxygen atoms in total. The van der Waals surface area contributed by atoms with E-state index in [-0.39, 0.29) is 12.7 Å². The summed E-state index contributed by atoms with van der Waals surface area (Å²) >= 11 is 0. The number of nitrogens with two attached hydrogens (primary N) is 1. The minimum Gasteiger partial charge on any atom is -0.461 e. The Bertz CT molecular complexity index is 974. The first-order valence-corrected chi connectivity index (χ1v) is 9.32. The maximum Gasteiger partial charge on any atom is 0.416 e. The zero-order valence-electron chi connectivity index (χ0n) is 16.8. The molecule has 2 aromatic carbocycles. The Morgan fingerprint density at radius 3 is 1.91 bits per heavy atom. The third-order valence-electron chi connectivity index (χ3n) is 4.30. The van der Waals surface area contributed by atoms with Gasteiger partial charge in [-0.2, -0.15) is 26.3 Å². The number of halogens is 6. The highest BCUT2D eigenvalue weighted by atomic mass is 19.4. The molecular formula is C21H18F6N2O4. The minimum atomic E-state index is -5.08. The molecule has 2 amide bonds. The van der Waals surface area contributed by atoms with Gasteiger partial charge in [0, 0.05) is 0 Å². The molecule has 0 aliphatic heterocycles. The second-order valence-corrected chi connectivity index (χ2v) is 6.96. The first-order valence-electron chi connectivity index (χ1n) is 9.32. The van der Waals surface area contributed by atoms with E-state index in [4.69, 9.17) is 10.5 Å². The molecule has 0 radical (unpaired) electrons. The van der Waals surface area contributed by atoms with Crippen LogP contribution in [0.15, 0.2) is 48.5 Å². The molecule has 2 rings (SSSR count). The van der Waals surface area contributed by atoms with Crippen molar-refractivity contribution in [3.8, 4) is 0 Å². The zero-order valence-corrected chi connectivity index (χ0v) is 16.8. The van der Waals surface area contributed by atoms with Gasteiger partial charge in [0.25, 0.3) is 0 Å². The van der Waals surface area contributed by atoms with Crippen LogP contribution in [0, 0.1) is 0 Å². The van der Waals surface area contributed by atoms with E-state index < -0.39 is 65.7 Å². The first kappa shape index (κ1) is 25.7.